The minimum atomic E-state index is 1.13. The summed E-state index contributed by atoms with van der Waals surface area (Å²) in [7, 11) is 0. The van der Waals surface area contributed by atoms with Crippen LogP contribution in [-0.2, 0) is 6.42 Å². The molecule has 2 nitrogen and oxygen atoms in total. The van der Waals surface area contributed by atoms with E-state index in [1.807, 2.05) is 0 Å². The number of aromatic nitrogens is 1. The monoisotopic (exact) mass is 542 g/mol. The first-order valence-electron chi connectivity index (χ1n) is 14.9. The molecule has 6 aromatic carbocycles. The molecule has 0 aliphatic carbocycles. The highest BCUT2D eigenvalue weighted by Gasteiger charge is 2.15. The molecule has 0 saturated carbocycles. The minimum Gasteiger partial charge on any atom is -0.311 e. The second-order valence-corrected chi connectivity index (χ2v) is 10.9. The van der Waals surface area contributed by atoms with Gasteiger partial charge in [0.05, 0.1) is 11.0 Å². The highest BCUT2D eigenvalue weighted by molar-refractivity contribution is 6.09. The number of para-hydroxylation sites is 2. The van der Waals surface area contributed by atoms with E-state index in [4.69, 9.17) is 0 Å². The van der Waals surface area contributed by atoms with Crippen LogP contribution in [0.25, 0.3) is 38.6 Å². The predicted molar refractivity (Wildman–Crippen MR) is 180 cm³/mol. The maximum atomic E-state index is 2.40. The molecule has 0 fully saturated rings. The van der Waals surface area contributed by atoms with Crippen LogP contribution in [0.1, 0.15) is 25.3 Å². The van der Waals surface area contributed by atoms with Gasteiger partial charge in [-0.15, -0.1) is 0 Å². The Morgan fingerprint density at radius 1 is 0.500 bits per heavy atom. The lowest BCUT2D eigenvalue weighted by molar-refractivity contribution is 0.796. The van der Waals surface area contributed by atoms with E-state index in [2.05, 4.69) is 168 Å². The van der Waals surface area contributed by atoms with Gasteiger partial charge >= 0.3 is 0 Å². The lowest BCUT2D eigenvalue weighted by Crippen LogP contribution is -2.10. The Bertz CT molecular complexity index is 1930. The second kappa shape index (κ2) is 11.4. The first kappa shape index (κ1) is 25.9. The van der Waals surface area contributed by atoms with Crippen LogP contribution in [0.4, 0.5) is 17.1 Å². The number of anilines is 3. The first-order valence-corrected chi connectivity index (χ1v) is 14.9. The fourth-order valence-electron chi connectivity index (χ4n) is 6.04. The summed E-state index contributed by atoms with van der Waals surface area (Å²) in [4.78, 5) is 2.32. The largest absolute Gasteiger partial charge is 0.311 e. The number of hydrogen-bond acceptors (Lipinski definition) is 1. The van der Waals surface area contributed by atoms with E-state index >= 15 is 0 Å². The van der Waals surface area contributed by atoms with Gasteiger partial charge in [0.25, 0.3) is 0 Å². The number of aryl methyl sites for hydroxylation is 1. The van der Waals surface area contributed by atoms with Gasteiger partial charge in [-0.3, -0.25) is 0 Å². The van der Waals surface area contributed by atoms with Gasteiger partial charge in [0.15, 0.2) is 0 Å². The van der Waals surface area contributed by atoms with Crippen LogP contribution in [0.5, 0.6) is 0 Å². The summed E-state index contributed by atoms with van der Waals surface area (Å²) >= 11 is 0. The van der Waals surface area contributed by atoms with E-state index in [0.29, 0.717) is 0 Å². The number of hydrogen-bond donors (Lipinski definition) is 0. The molecule has 7 aromatic rings. The molecule has 0 saturated heterocycles. The predicted octanol–water partition coefficient (Wildman–Crippen LogP) is 11.3. The van der Waals surface area contributed by atoms with Gasteiger partial charge in [-0.2, -0.15) is 0 Å². The van der Waals surface area contributed by atoms with E-state index in [1.54, 1.807) is 0 Å². The lowest BCUT2D eigenvalue weighted by atomic mass is 10.0. The maximum Gasteiger partial charge on any atom is 0.0541 e. The molecule has 204 valence electrons. The van der Waals surface area contributed by atoms with Crippen LogP contribution >= 0.6 is 0 Å². The molecule has 0 radical (unpaired) electrons. The fourth-order valence-corrected chi connectivity index (χ4v) is 6.04. The topological polar surface area (TPSA) is 8.17 Å². The zero-order valence-electron chi connectivity index (χ0n) is 23.9. The van der Waals surface area contributed by atoms with Crippen molar-refractivity contribution in [2.75, 3.05) is 4.90 Å². The van der Waals surface area contributed by atoms with Crippen LogP contribution in [0.15, 0.2) is 152 Å². The van der Waals surface area contributed by atoms with Crippen LogP contribution in [-0.4, -0.2) is 4.57 Å². The van der Waals surface area contributed by atoms with Crippen LogP contribution in [0, 0.1) is 0 Å². The van der Waals surface area contributed by atoms with Gasteiger partial charge in [0.2, 0.25) is 0 Å². The summed E-state index contributed by atoms with van der Waals surface area (Å²) in [5.74, 6) is 0. The van der Waals surface area contributed by atoms with Crippen molar-refractivity contribution in [1.82, 2.24) is 4.57 Å². The van der Waals surface area contributed by atoms with Crippen molar-refractivity contribution in [3.63, 3.8) is 0 Å². The number of rotatable bonds is 8. The molecule has 42 heavy (non-hydrogen) atoms. The quantitative estimate of drug-likeness (QED) is 0.185. The van der Waals surface area contributed by atoms with Gasteiger partial charge in [-0.1, -0.05) is 98.3 Å². The molecular weight excluding hydrogens is 508 g/mol. The van der Waals surface area contributed by atoms with E-state index in [9.17, 15) is 0 Å². The Morgan fingerprint density at radius 3 is 1.79 bits per heavy atom. The Labute approximate surface area is 248 Å². The molecular formula is C40H34N2. The van der Waals surface area contributed by atoms with Crippen LogP contribution in [0.3, 0.4) is 0 Å². The Kier molecular flexibility index (Phi) is 7.03. The summed E-state index contributed by atoms with van der Waals surface area (Å²) < 4.78 is 2.40. The number of benzene rings is 6. The van der Waals surface area contributed by atoms with E-state index in [1.165, 1.54) is 57.0 Å². The molecule has 0 unspecified atom stereocenters. The zero-order chi connectivity index (χ0) is 28.3. The van der Waals surface area contributed by atoms with Crippen molar-refractivity contribution in [3.05, 3.63) is 157 Å². The van der Waals surface area contributed by atoms with E-state index in [-0.39, 0.29) is 0 Å². The molecule has 7 rings (SSSR count). The summed E-state index contributed by atoms with van der Waals surface area (Å²) in [6, 6.07) is 54.8. The van der Waals surface area contributed by atoms with E-state index in [0.717, 1.165) is 23.5 Å². The summed E-state index contributed by atoms with van der Waals surface area (Å²) in [6.07, 6.45) is 3.56. The van der Waals surface area contributed by atoms with Crippen molar-refractivity contribution in [3.8, 4) is 16.8 Å². The molecule has 1 heterocycles. The number of fused-ring (bicyclic) bond motifs is 3. The molecule has 0 amide bonds. The average molecular weight is 543 g/mol. The summed E-state index contributed by atoms with van der Waals surface area (Å²) in [5, 5.41) is 2.63. The Balaban J connectivity index is 1.29. The normalized spacial score (nSPS) is 11.3. The maximum absolute atomic E-state index is 2.40. The van der Waals surface area contributed by atoms with Crippen LogP contribution < -0.4 is 4.90 Å². The van der Waals surface area contributed by atoms with Crippen molar-refractivity contribution < 1.29 is 0 Å². The molecule has 0 aliphatic rings. The highest BCUT2D eigenvalue weighted by Crippen LogP contribution is 2.37. The third kappa shape index (κ3) is 4.86. The third-order valence-corrected chi connectivity index (χ3v) is 8.17. The average Bonchev–Trinajstić information content (AvgIpc) is 3.39. The van der Waals surface area contributed by atoms with E-state index < -0.39 is 0 Å². The van der Waals surface area contributed by atoms with Crippen LogP contribution in [0.2, 0.25) is 0 Å². The Morgan fingerprint density at radius 2 is 1.07 bits per heavy atom. The van der Waals surface area contributed by atoms with Crippen molar-refractivity contribution in [2.45, 2.75) is 26.2 Å². The van der Waals surface area contributed by atoms with Gasteiger partial charge in [-0.05, 0) is 96.3 Å². The molecule has 1 aromatic heterocycles. The third-order valence-electron chi connectivity index (χ3n) is 8.17. The van der Waals surface area contributed by atoms with Gasteiger partial charge in [0, 0.05) is 33.5 Å². The molecule has 0 bridgehead atoms. The molecule has 0 N–H and O–H groups in total. The molecule has 0 aliphatic heterocycles. The Hall–Kier alpha value is -5.08. The molecule has 0 atom stereocenters. The van der Waals surface area contributed by atoms with Gasteiger partial charge in [0.1, 0.15) is 0 Å². The van der Waals surface area contributed by atoms with Crippen molar-refractivity contribution in [2.24, 2.45) is 0 Å². The molecule has 0 spiro atoms. The standard InChI is InChI=1S/C40H34N2/c1-2-3-12-30-19-28-40-38(29-30)37-17-10-11-18-39(37)42(40)36-26-24-35(25-27-36)41(33-15-8-5-9-16-33)34-22-20-32(21-23-34)31-13-6-4-7-14-31/h4-11,13-29H,2-3,12H2,1H3. The zero-order valence-corrected chi connectivity index (χ0v) is 23.9. The first-order chi connectivity index (χ1) is 20.8. The fraction of sp³-hybridized carbons (Fsp3) is 0.100. The number of unbranched alkanes of at least 4 members (excludes halogenated alkanes) is 1. The minimum absolute atomic E-state index is 1.13. The summed E-state index contributed by atoms with van der Waals surface area (Å²) in [6.45, 7) is 2.26. The molecule has 2 heteroatoms. The van der Waals surface area contributed by atoms with Crippen molar-refractivity contribution in [1.29, 1.82) is 0 Å². The second-order valence-electron chi connectivity index (χ2n) is 10.9. The number of nitrogens with zero attached hydrogens (tertiary/aromatic N) is 2. The SMILES string of the molecule is CCCCc1ccc2c(c1)c1ccccc1n2-c1ccc(N(c2ccccc2)c2ccc(-c3ccccc3)cc2)cc1. The smallest absolute Gasteiger partial charge is 0.0541 e. The van der Waals surface area contributed by atoms with Gasteiger partial charge in [-0.25, -0.2) is 0 Å². The highest BCUT2D eigenvalue weighted by atomic mass is 15.1. The van der Waals surface area contributed by atoms with Gasteiger partial charge < -0.3 is 9.47 Å². The summed E-state index contributed by atoms with van der Waals surface area (Å²) in [5.41, 5.74) is 10.9. The van der Waals surface area contributed by atoms with Crippen molar-refractivity contribution >= 4 is 38.9 Å². The lowest BCUT2D eigenvalue weighted by Gasteiger charge is -2.26.